The van der Waals surface area contributed by atoms with Gasteiger partial charge in [0, 0.05) is 26.3 Å². The molecule has 1 aromatic rings. The zero-order valence-corrected chi connectivity index (χ0v) is 13.1. The second kappa shape index (κ2) is 7.30. The van der Waals surface area contributed by atoms with Gasteiger partial charge in [0.15, 0.2) is 6.79 Å². The van der Waals surface area contributed by atoms with Gasteiger partial charge in [-0.2, -0.15) is 0 Å². The quantitative estimate of drug-likeness (QED) is 0.318. The zero-order valence-electron chi connectivity index (χ0n) is 12.1. The molecule has 4 nitrogen and oxygen atoms in total. The van der Waals surface area contributed by atoms with E-state index in [1.54, 1.807) is 25.3 Å². The lowest BCUT2D eigenvalue weighted by Gasteiger charge is -2.15. The Hall–Kier alpha value is -1.33. The third-order valence-corrected chi connectivity index (χ3v) is 4.28. The van der Waals surface area contributed by atoms with E-state index >= 15 is 0 Å². The van der Waals surface area contributed by atoms with Gasteiger partial charge in [0.25, 0.3) is 0 Å². The lowest BCUT2D eigenvalue weighted by atomic mass is 10.2. The molecule has 1 aromatic carbocycles. The highest BCUT2D eigenvalue weighted by Crippen LogP contribution is 2.21. The maximum Gasteiger partial charge on any atom is 0.189 e. The minimum atomic E-state index is -1.06. The van der Waals surface area contributed by atoms with Crippen molar-refractivity contribution in [1.29, 1.82) is 0 Å². The summed E-state index contributed by atoms with van der Waals surface area (Å²) >= 11 is 0. The number of benzene rings is 1. The van der Waals surface area contributed by atoms with Crippen LogP contribution >= 0.6 is 0 Å². The van der Waals surface area contributed by atoms with E-state index in [0.29, 0.717) is 23.7 Å². The van der Waals surface area contributed by atoms with E-state index in [1.807, 2.05) is 0 Å². The Balaban J connectivity index is 2.42. The molecule has 0 radical (unpaired) electrons. The summed E-state index contributed by atoms with van der Waals surface area (Å²) in [5.74, 6) is 1.18. The minimum absolute atomic E-state index is 0.190. The number of carbonyl (C=O) groups excluding carboxylic acids is 1. The Kier molecular flexibility index (Phi) is 6.04. The first kappa shape index (κ1) is 15.7. The third-order valence-electron chi connectivity index (χ3n) is 2.58. The molecule has 0 aliphatic heterocycles. The molecule has 0 N–H and O–H groups in total. The van der Waals surface area contributed by atoms with Crippen molar-refractivity contribution >= 4 is 14.4 Å². The van der Waals surface area contributed by atoms with Crippen LogP contribution in [-0.4, -0.2) is 34.9 Å². The van der Waals surface area contributed by atoms with Gasteiger partial charge in [-0.05, 0) is 18.2 Å². The van der Waals surface area contributed by atoms with Crippen LogP contribution in [0, 0.1) is 0 Å². The van der Waals surface area contributed by atoms with Crippen molar-refractivity contribution in [2.45, 2.75) is 25.7 Å². The standard InChI is InChI=1S/C14H22O4Si/c1-16-13-7-12(10-15)8-14(9-13)18-11-17-5-6-19(2,3)4/h7-10H,5-6,11H2,1-4H3. The molecule has 0 bridgehead atoms. The SMILES string of the molecule is COc1cc(C=O)cc(OCOCC[Si](C)(C)C)c1. The fraction of sp³-hybridized carbons (Fsp3) is 0.500. The lowest BCUT2D eigenvalue weighted by molar-refractivity contribution is 0.0219. The molecule has 0 fully saturated rings. The van der Waals surface area contributed by atoms with E-state index in [-0.39, 0.29) is 6.79 Å². The molecule has 0 saturated carbocycles. The van der Waals surface area contributed by atoms with Crippen molar-refractivity contribution in [3.05, 3.63) is 23.8 Å². The first-order chi connectivity index (χ1) is 8.94. The second-order valence-electron chi connectivity index (χ2n) is 5.54. The Morgan fingerprint density at radius 3 is 2.42 bits per heavy atom. The number of carbonyl (C=O) groups is 1. The van der Waals surface area contributed by atoms with Crippen LogP contribution in [0.2, 0.25) is 25.7 Å². The number of aldehydes is 1. The number of hydrogen-bond donors (Lipinski definition) is 0. The van der Waals surface area contributed by atoms with Gasteiger partial charge in [0.2, 0.25) is 0 Å². The van der Waals surface area contributed by atoms with Crippen LogP contribution in [-0.2, 0) is 4.74 Å². The van der Waals surface area contributed by atoms with Crippen LogP contribution in [0.5, 0.6) is 11.5 Å². The van der Waals surface area contributed by atoms with Crippen LogP contribution in [0.1, 0.15) is 10.4 Å². The molecule has 1 rings (SSSR count). The van der Waals surface area contributed by atoms with Crippen molar-refractivity contribution in [2.75, 3.05) is 20.5 Å². The summed E-state index contributed by atoms with van der Waals surface area (Å²) in [7, 11) is 0.491. The van der Waals surface area contributed by atoms with Gasteiger partial charge >= 0.3 is 0 Å². The highest BCUT2D eigenvalue weighted by molar-refractivity contribution is 6.76. The summed E-state index contributed by atoms with van der Waals surface area (Å²) in [6.07, 6.45) is 0.765. The lowest BCUT2D eigenvalue weighted by Crippen LogP contribution is -2.22. The fourth-order valence-corrected chi connectivity index (χ4v) is 2.17. The maximum absolute atomic E-state index is 10.8. The van der Waals surface area contributed by atoms with Crippen LogP contribution in [0.25, 0.3) is 0 Å². The van der Waals surface area contributed by atoms with Crippen molar-refractivity contribution in [3.63, 3.8) is 0 Å². The zero-order chi connectivity index (χ0) is 14.3. The summed E-state index contributed by atoms with van der Waals surface area (Å²) in [5, 5.41) is 0. The van der Waals surface area contributed by atoms with E-state index in [2.05, 4.69) is 19.6 Å². The normalized spacial score (nSPS) is 11.2. The molecular formula is C14H22O4Si. The Morgan fingerprint density at radius 1 is 1.16 bits per heavy atom. The van der Waals surface area contributed by atoms with Gasteiger partial charge in [0.05, 0.1) is 7.11 Å². The highest BCUT2D eigenvalue weighted by Gasteiger charge is 2.12. The van der Waals surface area contributed by atoms with Gasteiger partial charge in [0.1, 0.15) is 17.8 Å². The van der Waals surface area contributed by atoms with Crippen molar-refractivity contribution in [3.8, 4) is 11.5 Å². The van der Waals surface area contributed by atoms with Crippen molar-refractivity contribution < 1.29 is 19.0 Å². The number of ether oxygens (including phenoxy) is 3. The topological polar surface area (TPSA) is 44.8 Å². The molecule has 0 aromatic heterocycles. The van der Waals surface area contributed by atoms with E-state index in [1.165, 1.54) is 0 Å². The summed E-state index contributed by atoms with van der Waals surface area (Å²) in [6, 6.07) is 6.16. The van der Waals surface area contributed by atoms with Crippen LogP contribution in [0.4, 0.5) is 0 Å². The van der Waals surface area contributed by atoms with Crippen molar-refractivity contribution in [1.82, 2.24) is 0 Å². The molecular weight excluding hydrogens is 260 g/mol. The molecule has 0 aliphatic rings. The molecule has 0 aliphatic carbocycles. The monoisotopic (exact) mass is 282 g/mol. The summed E-state index contributed by atoms with van der Waals surface area (Å²) in [6.45, 7) is 7.80. The average Bonchev–Trinajstić information content (AvgIpc) is 2.36. The first-order valence-corrected chi connectivity index (χ1v) is 10.00. The predicted molar refractivity (Wildman–Crippen MR) is 78.0 cm³/mol. The first-order valence-electron chi connectivity index (χ1n) is 6.29. The predicted octanol–water partition coefficient (Wildman–Crippen LogP) is 3.20. The molecule has 19 heavy (non-hydrogen) atoms. The average molecular weight is 282 g/mol. The third kappa shape index (κ3) is 6.40. The number of rotatable bonds is 8. The molecule has 0 atom stereocenters. The van der Waals surface area contributed by atoms with Crippen LogP contribution in [0.3, 0.4) is 0 Å². The summed E-state index contributed by atoms with van der Waals surface area (Å²) in [5.41, 5.74) is 0.524. The second-order valence-corrected chi connectivity index (χ2v) is 11.2. The van der Waals surface area contributed by atoms with Gasteiger partial charge in [-0.15, -0.1) is 0 Å². The van der Waals surface area contributed by atoms with E-state index in [0.717, 1.165) is 12.3 Å². The van der Waals surface area contributed by atoms with Gasteiger partial charge < -0.3 is 14.2 Å². The Morgan fingerprint density at radius 2 is 1.84 bits per heavy atom. The smallest absolute Gasteiger partial charge is 0.189 e. The maximum atomic E-state index is 10.8. The molecule has 0 spiro atoms. The molecule has 106 valence electrons. The molecule has 5 heteroatoms. The summed E-state index contributed by atoms with van der Waals surface area (Å²) < 4.78 is 16.0. The number of methoxy groups -OCH3 is 1. The fourth-order valence-electron chi connectivity index (χ4n) is 1.41. The van der Waals surface area contributed by atoms with Gasteiger partial charge in [-0.1, -0.05) is 19.6 Å². The number of hydrogen-bond acceptors (Lipinski definition) is 4. The van der Waals surface area contributed by atoms with E-state index in [9.17, 15) is 4.79 Å². The Labute approximate surface area is 115 Å². The molecule has 0 unspecified atom stereocenters. The largest absolute Gasteiger partial charge is 0.497 e. The Bertz CT molecular complexity index is 412. The van der Waals surface area contributed by atoms with E-state index < -0.39 is 8.07 Å². The molecule has 0 heterocycles. The van der Waals surface area contributed by atoms with Crippen LogP contribution < -0.4 is 9.47 Å². The van der Waals surface area contributed by atoms with Crippen molar-refractivity contribution in [2.24, 2.45) is 0 Å². The minimum Gasteiger partial charge on any atom is -0.497 e. The van der Waals surface area contributed by atoms with Gasteiger partial charge in [-0.3, -0.25) is 4.79 Å². The van der Waals surface area contributed by atoms with Crippen LogP contribution in [0.15, 0.2) is 18.2 Å². The highest BCUT2D eigenvalue weighted by atomic mass is 28.3. The van der Waals surface area contributed by atoms with Gasteiger partial charge in [-0.25, -0.2) is 0 Å². The van der Waals surface area contributed by atoms with E-state index in [4.69, 9.17) is 14.2 Å². The summed E-state index contributed by atoms with van der Waals surface area (Å²) in [4.78, 5) is 10.8. The molecule has 0 amide bonds. The molecule has 0 saturated heterocycles.